The van der Waals surface area contributed by atoms with E-state index in [-0.39, 0.29) is 17.5 Å². The molecule has 0 atom stereocenters. The van der Waals surface area contributed by atoms with Gasteiger partial charge in [0.25, 0.3) is 0 Å². The van der Waals surface area contributed by atoms with E-state index in [0.29, 0.717) is 5.56 Å². The summed E-state index contributed by atoms with van der Waals surface area (Å²) in [7, 11) is 0. The Morgan fingerprint density at radius 1 is 0.308 bits per heavy atom. The standard InChI is InChI=1S/3C10H9N.3C7H7F.C6H7N.2C5H6N2/c1-8-4-2-6-10-9(8)5-3-7-11-10;1-8-4-2-5-9-6-3-7-11-10(8)9;1-8-4-5-10-9(7-8)3-2-6-11-10;1-6-2-4-7(8)5-3-6;1-6-3-2-4-7(8)5-6;1-6-4-2-3-5-7(6)8;1-6-4-2-3-5-7-6;1-5-6-3-2-4-7-5;1-5-3-2-4-6-7-5/h3*2-7H,1H3;3*2-5H,1H3;2-5H,1H3;2*2-4H,1H3. The number of fused-ring (bicyclic) bond motifs is 3. The van der Waals surface area contributed by atoms with Gasteiger partial charge in [-0.15, -0.1) is 0 Å². The molecule has 0 saturated carbocycles. The third-order valence-corrected chi connectivity index (χ3v) is 10.7. The minimum absolute atomic E-state index is 0.132. The van der Waals surface area contributed by atoms with Crippen LogP contribution < -0.4 is 0 Å². The lowest BCUT2D eigenvalue weighted by Gasteiger charge is -1.97. The number of nitrogens with zero attached hydrogens (tertiary/aromatic N) is 8. The van der Waals surface area contributed by atoms with E-state index in [4.69, 9.17) is 0 Å². The van der Waals surface area contributed by atoms with Crippen LogP contribution in [0, 0.1) is 79.8 Å². The monoisotopic (exact) mass is 1040 g/mol. The van der Waals surface area contributed by atoms with Crippen LogP contribution in [0.1, 0.15) is 50.6 Å². The van der Waals surface area contributed by atoms with Gasteiger partial charge < -0.3 is 0 Å². The second kappa shape index (κ2) is 35.0. The molecule has 0 amide bonds. The van der Waals surface area contributed by atoms with Gasteiger partial charge >= 0.3 is 0 Å². The molecule has 0 bridgehead atoms. The van der Waals surface area contributed by atoms with Crippen LogP contribution in [0.25, 0.3) is 32.7 Å². The van der Waals surface area contributed by atoms with Gasteiger partial charge in [0, 0.05) is 65.2 Å². The zero-order chi connectivity index (χ0) is 56.3. The minimum Gasteiger partial charge on any atom is -0.262 e. The lowest BCUT2D eigenvalue weighted by atomic mass is 10.1. The van der Waals surface area contributed by atoms with Gasteiger partial charge in [-0.2, -0.15) is 10.2 Å². The molecule has 0 aliphatic heterocycles. The lowest BCUT2D eigenvalue weighted by molar-refractivity contribution is 0.618. The summed E-state index contributed by atoms with van der Waals surface area (Å²) in [5.41, 5.74) is 11.8. The van der Waals surface area contributed by atoms with E-state index in [9.17, 15) is 13.2 Å². The van der Waals surface area contributed by atoms with E-state index in [1.165, 1.54) is 63.2 Å². The van der Waals surface area contributed by atoms with Crippen LogP contribution in [0.3, 0.4) is 0 Å². The Morgan fingerprint density at radius 2 is 0.859 bits per heavy atom. The molecule has 12 rings (SSSR count). The summed E-state index contributed by atoms with van der Waals surface area (Å²) in [5.74, 6) is 0.357. The summed E-state index contributed by atoms with van der Waals surface area (Å²) >= 11 is 0. The molecule has 0 spiro atoms. The number of aryl methyl sites for hydroxylation is 9. The maximum Gasteiger partial charge on any atom is 0.126 e. The SMILES string of the molecule is Cc1ccc(F)cc1.Cc1ccc2ncccc2c1.Cc1cccc(F)c1.Cc1cccc2cccnc12.Cc1cccc2ncccc12.Cc1ccccc1F.Cc1ccccn1.Cc1cccnn1.Cc1ncccn1. The van der Waals surface area contributed by atoms with Crippen molar-refractivity contribution in [3.63, 3.8) is 0 Å². The molecular formula is C67H67F3N8. The summed E-state index contributed by atoms with van der Waals surface area (Å²) < 4.78 is 36.6. The summed E-state index contributed by atoms with van der Waals surface area (Å²) in [6.07, 6.45) is 12.4. The van der Waals surface area contributed by atoms with Crippen molar-refractivity contribution in [2.45, 2.75) is 62.3 Å². The van der Waals surface area contributed by atoms with Gasteiger partial charge in [-0.3, -0.25) is 19.9 Å². The van der Waals surface area contributed by atoms with E-state index in [1.807, 2.05) is 132 Å². The van der Waals surface area contributed by atoms with Gasteiger partial charge in [0.2, 0.25) is 0 Å². The third kappa shape index (κ3) is 24.8. The van der Waals surface area contributed by atoms with E-state index in [0.717, 1.165) is 44.9 Å². The van der Waals surface area contributed by atoms with Crippen molar-refractivity contribution in [3.8, 4) is 0 Å². The Kier molecular flexibility index (Phi) is 27.5. The molecule has 6 aromatic carbocycles. The van der Waals surface area contributed by atoms with Gasteiger partial charge in [-0.05, 0) is 182 Å². The molecule has 12 aromatic rings. The Labute approximate surface area is 457 Å². The number of pyridine rings is 4. The predicted octanol–water partition coefficient (Wildman–Crippen LogP) is 17.0. The summed E-state index contributed by atoms with van der Waals surface area (Å²) in [5, 5.41) is 11.0. The molecule has 6 heterocycles. The van der Waals surface area contributed by atoms with Crippen LogP contribution in [0.4, 0.5) is 13.2 Å². The first-order valence-corrected chi connectivity index (χ1v) is 25.1. The number of hydrogen-bond donors (Lipinski definition) is 0. The first kappa shape index (κ1) is 61.2. The molecule has 0 saturated heterocycles. The van der Waals surface area contributed by atoms with Gasteiger partial charge in [-0.25, -0.2) is 23.1 Å². The highest BCUT2D eigenvalue weighted by Gasteiger charge is 1.96. The van der Waals surface area contributed by atoms with Crippen molar-refractivity contribution in [2.75, 3.05) is 0 Å². The van der Waals surface area contributed by atoms with Crippen LogP contribution in [-0.4, -0.2) is 40.1 Å². The molecule has 8 nitrogen and oxygen atoms in total. The van der Waals surface area contributed by atoms with E-state index in [2.05, 4.69) is 115 Å². The predicted molar refractivity (Wildman–Crippen MR) is 315 cm³/mol. The second-order valence-electron chi connectivity index (χ2n) is 17.5. The van der Waals surface area contributed by atoms with Crippen LogP contribution in [0.5, 0.6) is 0 Å². The molecule has 396 valence electrons. The number of rotatable bonds is 0. The number of benzene rings is 6. The van der Waals surface area contributed by atoms with Crippen LogP contribution in [-0.2, 0) is 0 Å². The highest BCUT2D eigenvalue weighted by molar-refractivity contribution is 5.82. The van der Waals surface area contributed by atoms with Gasteiger partial charge in [0.15, 0.2) is 0 Å². The van der Waals surface area contributed by atoms with E-state index < -0.39 is 0 Å². The number of aromatic nitrogens is 8. The van der Waals surface area contributed by atoms with Crippen LogP contribution in [0.2, 0.25) is 0 Å². The fraction of sp³-hybridized carbons (Fsp3) is 0.134. The Bertz CT molecular complexity index is 3310. The van der Waals surface area contributed by atoms with Gasteiger partial charge in [-0.1, -0.05) is 114 Å². The van der Waals surface area contributed by atoms with Gasteiger partial charge in [0.05, 0.1) is 22.2 Å². The van der Waals surface area contributed by atoms with Crippen molar-refractivity contribution >= 4 is 32.7 Å². The highest BCUT2D eigenvalue weighted by atomic mass is 19.1. The molecule has 0 aliphatic rings. The van der Waals surface area contributed by atoms with Crippen molar-refractivity contribution in [1.82, 2.24) is 40.1 Å². The zero-order valence-electron chi connectivity index (χ0n) is 45.8. The van der Waals surface area contributed by atoms with Crippen molar-refractivity contribution in [1.29, 1.82) is 0 Å². The molecule has 11 heteroatoms. The molecule has 6 aromatic heterocycles. The number of halogens is 3. The molecule has 0 unspecified atom stereocenters. The average Bonchev–Trinajstić information content (AvgIpc) is 3.46. The molecule has 0 aliphatic carbocycles. The van der Waals surface area contributed by atoms with Gasteiger partial charge in [0.1, 0.15) is 23.3 Å². The van der Waals surface area contributed by atoms with E-state index >= 15 is 0 Å². The van der Waals surface area contributed by atoms with Crippen molar-refractivity contribution in [3.05, 3.63) is 312 Å². The van der Waals surface area contributed by atoms with Crippen molar-refractivity contribution in [2.24, 2.45) is 0 Å². The quantitative estimate of drug-likeness (QED) is 0.148. The Hall–Kier alpha value is -9.35. The lowest BCUT2D eigenvalue weighted by Crippen LogP contribution is -1.80. The maximum atomic E-state index is 12.3. The molecule has 78 heavy (non-hydrogen) atoms. The maximum absolute atomic E-state index is 12.3. The summed E-state index contributed by atoms with van der Waals surface area (Å²) in [6, 6.07) is 61.8. The molecular weight excluding hydrogens is 974 g/mol. The molecule has 0 radical (unpaired) electrons. The third-order valence-electron chi connectivity index (χ3n) is 10.7. The summed E-state index contributed by atoms with van der Waals surface area (Å²) in [6.45, 7) is 17.6. The average molecular weight is 1040 g/mol. The van der Waals surface area contributed by atoms with E-state index in [1.54, 1.807) is 68.1 Å². The largest absolute Gasteiger partial charge is 0.262 e. The Balaban J connectivity index is 0.000000191. The Morgan fingerprint density at radius 3 is 1.38 bits per heavy atom. The first-order chi connectivity index (χ1) is 37.7. The molecule has 0 N–H and O–H groups in total. The topological polar surface area (TPSA) is 103 Å². The first-order valence-electron chi connectivity index (χ1n) is 25.1. The normalized spacial score (nSPS) is 9.54. The highest BCUT2D eigenvalue weighted by Crippen LogP contribution is 2.16. The van der Waals surface area contributed by atoms with Crippen molar-refractivity contribution < 1.29 is 13.2 Å². The van der Waals surface area contributed by atoms with Crippen LogP contribution >= 0.6 is 0 Å². The zero-order valence-corrected chi connectivity index (χ0v) is 45.8. The molecule has 0 fully saturated rings. The fourth-order valence-corrected chi connectivity index (χ4v) is 6.60. The summed E-state index contributed by atoms with van der Waals surface area (Å²) in [4.78, 5) is 24.5. The smallest absolute Gasteiger partial charge is 0.126 e. The fourth-order valence-electron chi connectivity index (χ4n) is 6.60. The number of para-hydroxylation sites is 1. The van der Waals surface area contributed by atoms with Crippen LogP contribution in [0.15, 0.2) is 244 Å². The minimum atomic E-state index is -0.171. The number of hydrogen-bond acceptors (Lipinski definition) is 8. The second-order valence-corrected chi connectivity index (χ2v) is 17.5.